The fraction of sp³-hybridized carbons (Fsp3) is 0.636. The first-order valence-corrected chi connectivity index (χ1v) is 6.76. The molecule has 1 unspecified atom stereocenters. The maximum Gasteiger partial charge on any atom is 0.267 e. The highest BCUT2D eigenvalue weighted by Gasteiger charge is 2.28. The lowest BCUT2D eigenvalue weighted by Crippen LogP contribution is -2.43. The second kappa shape index (κ2) is 5.43. The summed E-state index contributed by atoms with van der Waals surface area (Å²) < 4.78 is 3.84. The van der Waals surface area contributed by atoms with Crippen LogP contribution < -0.4 is 0 Å². The summed E-state index contributed by atoms with van der Waals surface area (Å²) in [5.74, 6) is 0.0874. The molecule has 0 saturated carbocycles. The van der Waals surface area contributed by atoms with Crippen molar-refractivity contribution in [2.24, 2.45) is 11.1 Å². The van der Waals surface area contributed by atoms with Crippen LogP contribution in [0.15, 0.2) is 5.16 Å². The average Bonchev–Trinajstić information content (AvgIpc) is 2.86. The van der Waals surface area contributed by atoms with Crippen LogP contribution in [-0.4, -0.2) is 44.4 Å². The molecule has 18 heavy (non-hydrogen) atoms. The fourth-order valence-corrected chi connectivity index (χ4v) is 2.82. The van der Waals surface area contributed by atoms with Gasteiger partial charge >= 0.3 is 0 Å². The van der Waals surface area contributed by atoms with E-state index in [4.69, 9.17) is 5.21 Å². The first-order chi connectivity index (χ1) is 8.67. The summed E-state index contributed by atoms with van der Waals surface area (Å²) >= 11 is 1.15. The molecule has 1 aromatic heterocycles. The quantitative estimate of drug-likeness (QED) is 0.650. The summed E-state index contributed by atoms with van der Waals surface area (Å²) in [5, 5.41) is 16.1. The Bertz CT molecular complexity index is 471. The van der Waals surface area contributed by atoms with Gasteiger partial charge in [0.25, 0.3) is 5.91 Å². The number of amides is 1. The average molecular weight is 268 g/mol. The molecular weight excluding hydrogens is 252 g/mol. The number of nitrogens with zero attached hydrogens (tertiary/aromatic N) is 4. The molecule has 0 spiro atoms. The van der Waals surface area contributed by atoms with Gasteiger partial charge in [0.05, 0.1) is 11.4 Å². The number of hydrogen-bond acceptors (Lipinski definition) is 6. The number of aromatic nitrogens is 2. The summed E-state index contributed by atoms with van der Waals surface area (Å²) in [4.78, 5) is 14.8. The number of carbonyl (C=O) groups is 1. The molecule has 1 aliphatic rings. The Morgan fingerprint density at radius 3 is 3.06 bits per heavy atom. The van der Waals surface area contributed by atoms with Crippen LogP contribution in [0.25, 0.3) is 0 Å². The number of aryl methyl sites for hydroxylation is 1. The number of piperidine rings is 1. The van der Waals surface area contributed by atoms with E-state index in [2.05, 4.69) is 14.7 Å². The molecule has 1 aliphatic heterocycles. The van der Waals surface area contributed by atoms with Gasteiger partial charge in [-0.2, -0.15) is 0 Å². The minimum Gasteiger partial charge on any atom is -0.411 e. The summed E-state index contributed by atoms with van der Waals surface area (Å²) in [7, 11) is 0. The predicted molar refractivity (Wildman–Crippen MR) is 68.2 cm³/mol. The SMILES string of the molecule is CCc1nnsc1C(=O)N1CCC(=NO)C(C)C1. The molecule has 1 aromatic rings. The topological polar surface area (TPSA) is 78.7 Å². The second-order valence-electron chi connectivity index (χ2n) is 4.40. The van der Waals surface area contributed by atoms with Crippen molar-refractivity contribution in [2.45, 2.75) is 26.7 Å². The van der Waals surface area contributed by atoms with Gasteiger partial charge in [-0.05, 0) is 18.0 Å². The normalized spacial score (nSPS) is 22.4. The minimum absolute atomic E-state index is 0.00862. The van der Waals surface area contributed by atoms with Gasteiger partial charge in [0.2, 0.25) is 0 Å². The number of carbonyl (C=O) groups excluding carboxylic acids is 1. The highest BCUT2D eigenvalue weighted by atomic mass is 32.1. The molecule has 6 nitrogen and oxygen atoms in total. The largest absolute Gasteiger partial charge is 0.411 e. The van der Waals surface area contributed by atoms with Crippen molar-refractivity contribution in [2.75, 3.05) is 13.1 Å². The molecule has 1 saturated heterocycles. The van der Waals surface area contributed by atoms with E-state index in [1.807, 2.05) is 13.8 Å². The Morgan fingerprint density at radius 2 is 2.44 bits per heavy atom. The van der Waals surface area contributed by atoms with Crippen LogP contribution in [0.3, 0.4) is 0 Å². The van der Waals surface area contributed by atoms with E-state index < -0.39 is 0 Å². The van der Waals surface area contributed by atoms with Gasteiger partial charge in [-0.15, -0.1) is 5.10 Å². The van der Waals surface area contributed by atoms with E-state index in [1.165, 1.54) is 0 Å². The lowest BCUT2D eigenvalue weighted by molar-refractivity contribution is 0.0737. The van der Waals surface area contributed by atoms with Crippen molar-refractivity contribution < 1.29 is 10.0 Å². The Labute approximate surface area is 109 Å². The van der Waals surface area contributed by atoms with Gasteiger partial charge in [-0.25, -0.2) is 0 Å². The van der Waals surface area contributed by atoms with Crippen LogP contribution in [0.4, 0.5) is 0 Å². The van der Waals surface area contributed by atoms with E-state index >= 15 is 0 Å². The van der Waals surface area contributed by atoms with Gasteiger partial charge in [0.1, 0.15) is 4.88 Å². The van der Waals surface area contributed by atoms with Crippen LogP contribution in [0.1, 0.15) is 35.6 Å². The summed E-state index contributed by atoms with van der Waals surface area (Å²) in [6.07, 6.45) is 1.33. The van der Waals surface area contributed by atoms with Crippen molar-refractivity contribution in [1.29, 1.82) is 0 Å². The number of rotatable bonds is 2. The van der Waals surface area contributed by atoms with Crippen molar-refractivity contribution in [3.63, 3.8) is 0 Å². The Kier molecular flexibility index (Phi) is 3.90. The highest BCUT2D eigenvalue weighted by Crippen LogP contribution is 2.19. The molecule has 1 atom stereocenters. The molecule has 1 N–H and O–H groups in total. The molecule has 0 radical (unpaired) electrons. The number of oxime groups is 1. The minimum atomic E-state index is -0.00862. The van der Waals surface area contributed by atoms with E-state index in [0.29, 0.717) is 30.8 Å². The highest BCUT2D eigenvalue weighted by molar-refractivity contribution is 7.08. The molecule has 0 aromatic carbocycles. The molecule has 98 valence electrons. The molecule has 7 heteroatoms. The van der Waals surface area contributed by atoms with Crippen molar-refractivity contribution in [3.05, 3.63) is 10.6 Å². The van der Waals surface area contributed by atoms with Crippen LogP contribution in [0, 0.1) is 5.92 Å². The van der Waals surface area contributed by atoms with E-state index in [0.717, 1.165) is 22.9 Å². The molecule has 2 heterocycles. The third-order valence-electron chi connectivity index (χ3n) is 3.20. The molecule has 0 aliphatic carbocycles. The van der Waals surface area contributed by atoms with Crippen LogP contribution in [-0.2, 0) is 6.42 Å². The van der Waals surface area contributed by atoms with Crippen molar-refractivity contribution in [1.82, 2.24) is 14.5 Å². The van der Waals surface area contributed by atoms with E-state index in [1.54, 1.807) is 4.90 Å². The fourth-order valence-electron chi connectivity index (χ4n) is 2.10. The third-order valence-corrected chi connectivity index (χ3v) is 3.96. The lowest BCUT2D eigenvalue weighted by Gasteiger charge is -2.31. The maximum absolute atomic E-state index is 12.3. The molecule has 1 fully saturated rings. The van der Waals surface area contributed by atoms with E-state index in [9.17, 15) is 4.79 Å². The van der Waals surface area contributed by atoms with Crippen molar-refractivity contribution in [3.8, 4) is 0 Å². The Morgan fingerprint density at radius 1 is 1.67 bits per heavy atom. The molecular formula is C11H16N4O2S. The molecule has 2 rings (SSSR count). The van der Waals surface area contributed by atoms with Gasteiger partial charge in [0, 0.05) is 25.4 Å². The van der Waals surface area contributed by atoms with Crippen LogP contribution >= 0.6 is 11.5 Å². The summed E-state index contributed by atoms with van der Waals surface area (Å²) in [6, 6.07) is 0. The number of hydrogen-bond donors (Lipinski definition) is 1. The van der Waals surface area contributed by atoms with Crippen LogP contribution in [0.5, 0.6) is 0 Å². The van der Waals surface area contributed by atoms with Gasteiger partial charge in [-0.3, -0.25) is 4.79 Å². The summed E-state index contributed by atoms with van der Waals surface area (Å²) in [5.41, 5.74) is 1.52. The third kappa shape index (κ3) is 2.35. The zero-order chi connectivity index (χ0) is 13.1. The standard InChI is InChI=1S/C11H16N4O2S/c1-3-8-10(18-14-12-8)11(16)15-5-4-9(13-17)7(2)6-15/h7,17H,3-6H2,1-2H3. The van der Waals surface area contributed by atoms with Gasteiger partial charge in [-0.1, -0.05) is 23.5 Å². The summed E-state index contributed by atoms with van der Waals surface area (Å²) in [6.45, 7) is 5.09. The zero-order valence-electron chi connectivity index (χ0n) is 10.5. The van der Waals surface area contributed by atoms with Crippen molar-refractivity contribution >= 4 is 23.2 Å². The number of likely N-dealkylation sites (tertiary alicyclic amines) is 1. The zero-order valence-corrected chi connectivity index (χ0v) is 11.3. The smallest absolute Gasteiger partial charge is 0.267 e. The Balaban J connectivity index is 2.12. The van der Waals surface area contributed by atoms with Crippen LogP contribution in [0.2, 0.25) is 0 Å². The Hall–Kier alpha value is -1.50. The maximum atomic E-state index is 12.3. The molecule has 0 bridgehead atoms. The first-order valence-electron chi connectivity index (χ1n) is 5.98. The monoisotopic (exact) mass is 268 g/mol. The predicted octanol–water partition coefficient (Wildman–Crippen LogP) is 1.41. The van der Waals surface area contributed by atoms with E-state index in [-0.39, 0.29) is 11.8 Å². The second-order valence-corrected chi connectivity index (χ2v) is 5.15. The lowest BCUT2D eigenvalue weighted by atomic mass is 9.97. The molecule has 1 amide bonds. The van der Waals surface area contributed by atoms with Gasteiger partial charge < -0.3 is 10.1 Å². The van der Waals surface area contributed by atoms with Gasteiger partial charge in [0.15, 0.2) is 0 Å². The first kappa shape index (κ1) is 12.9.